The Morgan fingerprint density at radius 3 is 2.48 bits per heavy atom. The summed E-state index contributed by atoms with van der Waals surface area (Å²) in [5, 5.41) is 2.89. The molecule has 5 nitrogen and oxygen atoms in total. The van der Waals surface area contributed by atoms with Crippen LogP contribution in [0.1, 0.15) is 34.8 Å². The van der Waals surface area contributed by atoms with Gasteiger partial charge in [0.05, 0.1) is 12.9 Å². The van der Waals surface area contributed by atoms with E-state index in [0.717, 1.165) is 30.7 Å². The van der Waals surface area contributed by atoms with Crippen LogP contribution in [0, 0.1) is 0 Å². The first kappa shape index (κ1) is 18.7. The van der Waals surface area contributed by atoms with E-state index in [0.29, 0.717) is 18.7 Å². The molecule has 2 aromatic carbocycles. The second-order valence-corrected chi connectivity index (χ2v) is 6.43. The lowest BCUT2D eigenvalue weighted by atomic mass is 10.1. The van der Waals surface area contributed by atoms with Gasteiger partial charge in [-0.05, 0) is 41.8 Å². The van der Waals surface area contributed by atoms with Crippen LogP contribution in [0.3, 0.4) is 0 Å². The number of hydrogen-bond donors (Lipinski definition) is 1. The Morgan fingerprint density at radius 1 is 1.07 bits per heavy atom. The van der Waals surface area contributed by atoms with E-state index in [-0.39, 0.29) is 5.91 Å². The molecule has 27 heavy (non-hydrogen) atoms. The summed E-state index contributed by atoms with van der Waals surface area (Å²) < 4.78 is 7.67. The van der Waals surface area contributed by atoms with Crippen molar-refractivity contribution >= 4 is 5.91 Å². The Hall–Kier alpha value is -3.08. The van der Waals surface area contributed by atoms with Gasteiger partial charge in [0, 0.05) is 24.5 Å². The molecule has 0 saturated carbocycles. The molecule has 3 aromatic rings. The number of hydrogen-bond acceptors (Lipinski definition) is 3. The van der Waals surface area contributed by atoms with Crippen molar-refractivity contribution in [2.75, 3.05) is 13.2 Å². The van der Waals surface area contributed by atoms with Crippen molar-refractivity contribution in [2.24, 2.45) is 0 Å². The molecule has 0 unspecified atom stereocenters. The van der Waals surface area contributed by atoms with Crippen LogP contribution >= 0.6 is 0 Å². The Kier molecular flexibility index (Phi) is 6.63. The maximum absolute atomic E-state index is 12.2. The lowest BCUT2D eigenvalue weighted by Crippen LogP contribution is -2.28. The van der Waals surface area contributed by atoms with E-state index < -0.39 is 0 Å². The maximum Gasteiger partial charge on any atom is 0.251 e. The molecule has 0 aliphatic heterocycles. The van der Waals surface area contributed by atoms with Crippen molar-refractivity contribution in [2.45, 2.75) is 26.3 Å². The fourth-order valence-corrected chi connectivity index (χ4v) is 2.83. The average Bonchev–Trinajstić information content (AvgIpc) is 3.20. The summed E-state index contributed by atoms with van der Waals surface area (Å²) in [6, 6.07) is 15.7. The number of nitrogens with one attached hydrogen (secondary N) is 1. The molecule has 3 rings (SSSR count). The second-order valence-electron chi connectivity index (χ2n) is 6.43. The zero-order chi connectivity index (χ0) is 18.9. The predicted molar refractivity (Wildman–Crippen MR) is 106 cm³/mol. The van der Waals surface area contributed by atoms with Crippen molar-refractivity contribution in [1.82, 2.24) is 14.9 Å². The van der Waals surface area contributed by atoms with Crippen molar-refractivity contribution in [1.29, 1.82) is 0 Å². The van der Waals surface area contributed by atoms with Crippen molar-refractivity contribution in [3.05, 3.63) is 83.9 Å². The van der Waals surface area contributed by atoms with Gasteiger partial charge in [0.2, 0.25) is 0 Å². The Balaban J connectivity index is 1.41. The summed E-state index contributed by atoms with van der Waals surface area (Å²) in [5.74, 6) is 0.735. The van der Waals surface area contributed by atoms with Crippen LogP contribution in [0.5, 0.6) is 5.75 Å². The normalized spacial score (nSPS) is 10.6. The van der Waals surface area contributed by atoms with Gasteiger partial charge in [-0.25, -0.2) is 4.98 Å². The summed E-state index contributed by atoms with van der Waals surface area (Å²) in [7, 11) is 0. The highest BCUT2D eigenvalue weighted by Gasteiger charge is 2.05. The number of carbonyl (C=O) groups is 1. The molecule has 0 saturated heterocycles. The quantitative estimate of drug-likeness (QED) is 0.590. The van der Waals surface area contributed by atoms with Gasteiger partial charge in [-0.1, -0.05) is 37.6 Å². The maximum atomic E-state index is 12.2. The molecule has 0 aliphatic rings. The van der Waals surface area contributed by atoms with E-state index >= 15 is 0 Å². The molecule has 140 valence electrons. The average molecular weight is 363 g/mol. The number of aromatic nitrogens is 2. The van der Waals surface area contributed by atoms with Crippen LogP contribution in [-0.4, -0.2) is 28.6 Å². The van der Waals surface area contributed by atoms with E-state index in [1.54, 1.807) is 12.5 Å². The highest BCUT2D eigenvalue weighted by atomic mass is 16.5. The molecule has 1 amide bonds. The zero-order valence-electron chi connectivity index (χ0n) is 15.6. The molecule has 0 aliphatic carbocycles. The van der Waals surface area contributed by atoms with E-state index in [4.69, 9.17) is 4.74 Å². The monoisotopic (exact) mass is 363 g/mol. The van der Waals surface area contributed by atoms with Gasteiger partial charge in [-0.3, -0.25) is 4.79 Å². The van der Waals surface area contributed by atoms with Crippen LogP contribution in [0.2, 0.25) is 0 Å². The van der Waals surface area contributed by atoms with Crippen LogP contribution in [0.4, 0.5) is 0 Å². The van der Waals surface area contributed by atoms with Gasteiger partial charge >= 0.3 is 0 Å². The number of benzene rings is 2. The minimum atomic E-state index is -0.0916. The smallest absolute Gasteiger partial charge is 0.251 e. The Morgan fingerprint density at radius 2 is 1.81 bits per heavy atom. The molecule has 1 N–H and O–H groups in total. The summed E-state index contributed by atoms with van der Waals surface area (Å²) in [6.45, 7) is 3.82. The van der Waals surface area contributed by atoms with Gasteiger partial charge in [-0.2, -0.15) is 0 Å². The SMILES string of the molecule is CCCc1ccc(OCCNC(=O)c2ccc(Cn3ccnc3)cc2)cc1. The number of ether oxygens (including phenoxy) is 1. The molecular weight excluding hydrogens is 338 g/mol. The van der Waals surface area contributed by atoms with Crippen molar-refractivity contribution < 1.29 is 9.53 Å². The highest BCUT2D eigenvalue weighted by Crippen LogP contribution is 2.13. The fraction of sp³-hybridized carbons (Fsp3) is 0.273. The number of nitrogens with zero attached hydrogens (tertiary/aromatic N) is 2. The highest BCUT2D eigenvalue weighted by molar-refractivity contribution is 5.94. The number of carbonyl (C=O) groups excluding carboxylic acids is 1. The van der Waals surface area contributed by atoms with E-state index in [2.05, 4.69) is 29.4 Å². The third kappa shape index (κ3) is 5.71. The molecule has 0 radical (unpaired) electrons. The molecule has 5 heteroatoms. The van der Waals surface area contributed by atoms with Gasteiger partial charge in [0.1, 0.15) is 12.4 Å². The van der Waals surface area contributed by atoms with Gasteiger partial charge < -0.3 is 14.6 Å². The van der Waals surface area contributed by atoms with Crippen LogP contribution in [0.15, 0.2) is 67.3 Å². The van der Waals surface area contributed by atoms with E-state index in [9.17, 15) is 4.79 Å². The number of aryl methyl sites for hydroxylation is 1. The standard InChI is InChI=1S/C22H25N3O2/c1-2-3-18-6-10-21(11-7-18)27-15-13-24-22(26)20-8-4-19(5-9-20)16-25-14-12-23-17-25/h4-12,14,17H,2-3,13,15-16H2,1H3,(H,24,26). The van der Waals surface area contributed by atoms with Crippen LogP contribution in [0.25, 0.3) is 0 Å². The topological polar surface area (TPSA) is 56.1 Å². The molecule has 0 fully saturated rings. The van der Waals surface area contributed by atoms with Gasteiger partial charge in [0.15, 0.2) is 0 Å². The molecule has 1 heterocycles. The lowest BCUT2D eigenvalue weighted by Gasteiger charge is -2.09. The van der Waals surface area contributed by atoms with Crippen molar-refractivity contribution in [3.8, 4) is 5.75 Å². The van der Waals surface area contributed by atoms with Gasteiger partial charge in [0.25, 0.3) is 5.91 Å². The minimum absolute atomic E-state index is 0.0916. The van der Waals surface area contributed by atoms with Crippen LogP contribution < -0.4 is 10.1 Å². The van der Waals surface area contributed by atoms with Crippen molar-refractivity contribution in [3.63, 3.8) is 0 Å². The first-order valence-corrected chi connectivity index (χ1v) is 9.29. The summed E-state index contributed by atoms with van der Waals surface area (Å²) in [6.07, 6.45) is 7.66. The van der Waals surface area contributed by atoms with Gasteiger partial charge in [-0.15, -0.1) is 0 Å². The molecule has 0 bridgehead atoms. The van der Waals surface area contributed by atoms with E-state index in [1.807, 2.05) is 47.2 Å². The van der Waals surface area contributed by atoms with Crippen LogP contribution in [-0.2, 0) is 13.0 Å². The Bertz CT molecular complexity index is 825. The third-order valence-electron chi connectivity index (χ3n) is 4.26. The largest absolute Gasteiger partial charge is 0.492 e. The number of rotatable bonds is 9. The first-order chi connectivity index (χ1) is 13.2. The number of amides is 1. The number of imidazole rings is 1. The second kappa shape index (κ2) is 9.57. The third-order valence-corrected chi connectivity index (χ3v) is 4.26. The molecule has 1 aromatic heterocycles. The minimum Gasteiger partial charge on any atom is -0.492 e. The molecule has 0 spiro atoms. The predicted octanol–water partition coefficient (Wildman–Crippen LogP) is 3.69. The fourth-order valence-electron chi connectivity index (χ4n) is 2.83. The summed E-state index contributed by atoms with van der Waals surface area (Å²) in [5.41, 5.74) is 3.09. The molecular formula is C22H25N3O2. The zero-order valence-corrected chi connectivity index (χ0v) is 15.6. The Labute approximate surface area is 160 Å². The lowest BCUT2D eigenvalue weighted by molar-refractivity contribution is 0.0947. The summed E-state index contributed by atoms with van der Waals surface area (Å²) in [4.78, 5) is 16.2. The first-order valence-electron chi connectivity index (χ1n) is 9.29. The summed E-state index contributed by atoms with van der Waals surface area (Å²) >= 11 is 0. The van der Waals surface area contributed by atoms with E-state index in [1.165, 1.54) is 5.56 Å². The molecule has 0 atom stereocenters.